The Kier molecular flexibility index (Phi) is 6.42. The lowest BCUT2D eigenvalue weighted by Crippen LogP contribution is -2.35. The van der Waals surface area contributed by atoms with Gasteiger partial charge in [0.1, 0.15) is 5.82 Å². The maximum absolute atomic E-state index is 8.85. The number of hydrogen-bond acceptors (Lipinski definition) is 5. The lowest BCUT2D eigenvalue weighted by Gasteiger charge is -2.27. The van der Waals surface area contributed by atoms with Gasteiger partial charge in [0.05, 0.1) is 0 Å². The second kappa shape index (κ2) is 7.83. The van der Waals surface area contributed by atoms with Crippen LogP contribution in [0.1, 0.15) is 25.1 Å². The molecule has 0 saturated carbocycles. The van der Waals surface area contributed by atoms with Gasteiger partial charge in [-0.15, -0.1) is 0 Å². The van der Waals surface area contributed by atoms with Crippen LogP contribution in [0.4, 0.5) is 5.82 Å². The fourth-order valence-corrected chi connectivity index (χ4v) is 2.08. The Morgan fingerprint density at radius 1 is 1.33 bits per heavy atom. The van der Waals surface area contributed by atoms with Gasteiger partial charge in [0, 0.05) is 30.9 Å². The Labute approximate surface area is 127 Å². The first-order chi connectivity index (χ1) is 9.83. The van der Waals surface area contributed by atoms with Crippen LogP contribution in [0.3, 0.4) is 0 Å². The van der Waals surface area contributed by atoms with Crippen LogP contribution in [0.2, 0.25) is 0 Å². The number of pyridine rings is 1. The van der Waals surface area contributed by atoms with Crippen LogP contribution in [-0.4, -0.2) is 54.7 Å². The molecule has 0 aromatic carbocycles. The minimum Gasteiger partial charge on any atom is -0.409 e. The molecule has 0 fully saturated rings. The van der Waals surface area contributed by atoms with E-state index in [1.54, 1.807) is 0 Å². The van der Waals surface area contributed by atoms with Crippen molar-refractivity contribution in [2.24, 2.45) is 16.8 Å². The fraction of sp³-hybridized carbons (Fsp3) is 0.600. The molecule has 0 aliphatic rings. The zero-order chi connectivity index (χ0) is 16.0. The first-order valence-electron chi connectivity index (χ1n) is 7.19. The van der Waals surface area contributed by atoms with E-state index in [9.17, 15) is 0 Å². The zero-order valence-electron chi connectivity index (χ0n) is 13.7. The molecule has 6 heteroatoms. The van der Waals surface area contributed by atoms with Gasteiger partial charge in [0.15, 0.2) is 5.84 Å². The Morgan fingerprint density at radius 2 is 2.00 bits per heavy atom. The molecule has 3 N–H and O–H groups in total. The van der Waals surface area contributed by atoms with Gasteiger partial charge in [0.25, 0.3) is 0 Å². The van der Waals surface area contributed by atoms with Crippen LogP contribution < -0.4 is 10.6 Å². The van der Waals surface area contributed by atoms with Gasteiger partial charge >= 0.3 is 0 Å². The van der Waals surface area contributed by atoms with Crippen molar-refractivity contribution in [3.05, 3.63) is 23.4 Å². The summed E-state index contributed by atoms with van der Waals surface area (Å²) in [6.45, 7) is 9.03. The van der Waals surface area contributed by atoms with E-state index < -0.39 is 0 Å². The maximum Gasteiger partial charge on any atom is 0.170 e. The Morgan fingerprint density at radius 3 is 2.52 bits per heavy atom. The van der Waals surface area contributed by atoms with Crippen molar-refractivity contribution in [1.29, 1.82) is 0 Å². The molecule has 6 nitrogen and oxygen atoms in total. The monoisotopic (exact) mass is 293 g/mol. The molecule has 1 heterocycles. The molecular formula is C15H27N5O. The largest absolute Gasteiger partial charge is 0.409 e. The Bertz CT molecular complexity index is 485. The number of nitrogens with zero attached hydrogens (tertiary/aromatic N) is 4. The first-order valence-corrected chi connectivity index (χ1v) is 7.19. The topological polar surface area (TPSA) is 78.0 Å². The lowest BCUT2D eigenvalue weighted by atomic mass is 10.1. The highest BCUT2D eigenvalue weighted by atomic mass is 16.4. The molecule has 0 unspecified atom stereocenters. The molecule has 0 aliphatic carbocycles. The number of likely N-dealkylation sites (N-methyl/N-ethyl adjacent to an activating group) is 1. The van der Waals surface area contributed by atoms with E-state index in [4.69, 9.17) is 10.9 Å². The SMILES string of the molecule is Cc1cc(/C(N)=N/O)cc(N(CCN(C)C)CC(C)C)n1. The summed E-state index contributed by atoms with van der Waals surface area (Å²) in [6, 6.07) is 3.69. The quantitative estimate of drug-likeness (QED) is 0.345. The number of anilines is 1. The predicted octanol–water partition coefficient (Wildman–Crippen LogP) is 1.51. The third-order valence-corrected chi connectivity index (χ3v) is 3.07. The molecule has 21 heavy (non-hydrogen) atoms. The summed E-state index contributed by atoms with van der Waals surface area (Å²) >= 11 is 0. The molecule has 1 rings (SSSR count). The number of nitrogens with two attached hydrogens (primary N) is 1. The summed E-state index contributed by atoms with van der Waals surface area (Å²) in [5.41, 5.74) is 7.25. The van der Waals surface area contributed by atoms with E-state index >= 15 is 0 Å². The molecule has 0 spiro atoms. The summed E-state index contributed by atoms with van der Waals surface area (Å²) in [5, 5.41) is 11.9. The molecule has 0 amide bonds. The summed E-state index contributed by atoms with van der Waals surface area (Å²) in [5.74, 6) is 1.51. The highest BCUT2D eigenvalue weighted by molar-refractivity contribution is 5.97. The van der Waals surface area contributed by atoms with E-state index in [0.29, 0.717) is 11.5 Å². The van der Waals surface area contributed by atoms with Crippen molar-refractivity contribution >= 4 is 11.7 Å². The summed E-state index contributed by atoms with van der Waals surface area (Å²) < 4.78 is 0. The lowest BCUT2D eigenvalue weighted by molar-refractivity contribution is 0.318. The van der Waals surface area contributed by atoms with Gasteiger partial charge in [-0.05, 0) is 39.1 Å². The predicted molar refractivity (Wildman–Crippen MR) is 87.1 cm³/mol. The minimum absolute atomic E-state index is 0.110. The van der Waals surface area contributed by atoms with Crippen LogP contribution in [-0.2, 0) is 0 Å². The number of hydrogen-bond donors (Lipinski definition) is 2. The van der Waals surface area contributed by atoms with E-state index in [-0.39, 0.29) is 5.84 Å². The minimum atomic E-state index is 0.110. The maximum atomic E-state index is 8.85. The number of aromatic nitrogens is 1. The normalized spacial score (nSPS) is 12.2. The van der Waals surface area contributed by atoms with E-state index in [2.05, 4.69) is 47.9 Å². The average Bonchev–Trinajstić information content (AvgIpc) is 2.41. The van der Waals surface area contributed by atoms with Gasteiger partial charge in [-0.3, -0.25) is 0 Å². The van der Waals surface area contributed by atoms with Crippen LogP contribution in [0.25, 0.3) is 0 Å². The molecule has 0 radical (unpaired) electrons. The molecule has 0 bridgehead atoms. The molecule has 0 atom stereocenters. The number of aryl methyl sites for hydroxylation is 1. The van der Waals surface area contributed by atoms with E-state index in [1.807, 2.05) is 19.1 Å². The van der Waals surface area contributed by atoms with Crippen molar-refractivity contribution in [3.8, 4) is 0 Å². The molecule has 0 saturated heterocycles. The molecule has 118 valence electrons. The smallest absolute Gasteiger partial charge is 0.170 e. The summed E-state index contributed by atoms with van der Waals surface area (Å²) in [6.07, 6.45) is 0. The molecular weight excluding hydrogens is 266 g/mol. The van der Waals surface area contributed by atoms with Gasteiger partial charge in [-0.25, -0.2) is 4.98 Å². The van der Waals surface area contributed by atoms with Crippen LogP contribution in [0, 0.1) is 12.8 Å². The Hall–Kier alpha value is -1.82. The highest BCUT2D eigenvalue weighted by Gasteiger charge is 2.13. The summed E-state index contributed by atoms with van der Waals surface area (Å²) in [7, 11) is 4.11. The van der Waals surface area contributed by atoms with Gasteiger partial charge in [-0.1, -0.05) is 19.0 Å². The average molecular weight is 293 g/mol. The van der Waals surface area contributed by atoms with Crippen molar-refractivity contribution < 1.29 is 5.21 Å². The fourth-order valence-electron chi connectivity index (χ4n) is 2.08. The first kappa shape index (κ1) is 17.2. The van der Waals surface area contributed by atoms with Crippen molar-refractivity contribution in [1.82, 2.24) is 9.88 Å². The van der Waals surface area contributed by atoms with Gasteiger partial charge in [0.2, 0.25) is 0 Å². The molecule has 1 aromatic rings. The standard InChI is InChI=1S/C15H27N5O/c1-11(2)10-20(7-6-19(4)5)14-9-13(15(16)18-21)8-12(3)17-14/h8-9,11,21H,6-7,10H2,1-5H3,(H2,16,18). The van der Waals surface area contributed by atoms with Gasteiger partial charge in [-0.2, -0.15) is 0 Å². The zero-order valence-corrected chi connectivity index (χ0v) is 13.7. The number of rotatable bonds is 7. The van der Waals surface area contributed by atoms with Crippen LogP contribution >= 0.6 is 0 Å². The van der Waals surface area contributed by atoms with Crippen LogP contribution in [0.5, 0.6) is 0 Å². The van der Waals surface area contributed by atoms with Crippen LogP contribution in [0.15, 0.2) is 17.3 Å². The van der Waals surface area contributed by atoms with Crippen molar-refractivity contribution in [3.63, 3.8) is 0 Å². The third kappa shape index (κ3) is 5.59. The second-order valence-electron chi connectivity index (χ2n) is 5.98. The van der Waals surface area contributed by atoms with E-state index in [0.717, 1.165) is 31.1 Å². The Balaban J connectivity index is 3.07. The second-order valence-corrected chi connectivity index (χ2v) is 5.98. The van der Waals surface area contributed by atoms with Crippen molar-refractivity contribution in [2.75, 3.05) is 38.6 Å². The number of amidine groups is 1. The van der Waals surface area contributed by atoms with Gasteiger partial charge < -0.3 is 20.7 Å². The van der Waals surface area contributed by atoms with E-state index in [1.165, 1.54) is 0 Å². The molecule has 0 aliphatic heterocycles. The number of oxime groups is 1. The van der Waals surface area contributed by atoms with Crippen molar-refractivity contribution in [2.45, 2.75) is 20.8 Å². The third-order valence-electron chi connectivity index (χ3n) is 3.07. The highest BCUT2D eigenvalue weighted by Crippen LogP contribution is 2.16. The molecule has 1 aromatic heterocycles. The summed E-state index contributed by atoms with van der Waals surface area (Å²) in [4.78, 5) is 8.99.